The Kier molecular flexibility index (Phi) is 3.61. The average molecular weight is 252 g/mol. The first kappa shape index (κ1) is 11.6. The third kappa shape index (κ3) is 2.13. The summed E-state index contributed by atoms with van der Waals surface area (Å²) in [4.78, 5) is 4.51. The molecule has 2 nitrogen and oxygen atoms in total. The molecule has 0 aliphatic carbocycles. The number of H-pyrrole nitrogens is 1. The molecule has 0 saturated carbocycles. The first-order chi connectivity index (χ1) is 7.74. The molecule has 86 valence electrons. The summed E-state index contributed by atoms with van der Waals surface area (Å²) in [5, 5.41) is 2.13. The smallest absolute Gasteiger partial charge is 0.177 e. The highest BCUT2D eigenvalue weighted by Gasteiger charge is 2.16. The van der Waals surface area contributed by atoms with E-state index in [9.17, 15) is 0 Å². The number of imidazole rings is 1. The van der Waals surface area contributed by atoms with Crippen LogP contribution in [-0.2, 0) is 0 Å². The third-order valence-electron chi connectivity index (χ3n) is 2.75. The average Bonchev–Trinajstić information content (AvgIpc) is 2.87. The Morgan fingerprint density at radius 1 is 1.56 bits per heavy atom. The van der Waals surface area contributed by atoms with Crippen LogP contribution in [0.5, 0.6) is 0 Å². The van der Waals surface area contributed by atoms with E-state index in [1.807, 2.05) is 6.20 Å². The van der Waals surface area contributed by atoms with E-state index in [0.717, 1.165) is 17.6 Å². The molecule has 0 aromatic carbocycles. The van der Waals surface area contributed by atoms with Gasteiger partial charge in [-0.15, -0.1) is 11.3 Å². The van der Waals surface area contributed by atoms with E-state index >= 15 is 0 Å². The van der Waals surface area contributed by atoms with Crippen molar-refractivity contribution < 1.29 is 0 Å². The van der Waals surface area contributed by atoms with E-state index in [0.29, 0.717) is 6.04 Å². The standard InChI is InChI=1S/C12H16N2S2/c1-3-5-10(11-6-4-7-16-11)14-9(2)8-13-12(14)15/h4,6-8,10H,3,5H2,1-2H3,(H,13,15). The van der Waals surface area contributed by atoms with Gasteiger partial charge in [0.1, 0.15) is 0 Å². The fourth-order valence-electron chi connectivity index (χ4n) is 2.01. The molecule has 2 aromatic heterocycles. The van der Waals surface area contributed by atoms with E-state index in [2.05, 4.69) is 40.9 Å². The largest absolute Gasteiger partial charge is 0.337 e. The van der Waals surface area contributed by atoms with Gasteiger partial charge in [-0.05, 0) is 37.0 Å². The first-order valence-corrected chi connectivity index (χ1v) is 6.82. The summed E-state index contributed by atoms with van der Waals surface area (Å²) in [5.74, 6) is 0. The van der Waals surface area contributed by atoms with E-state index in [1.165, 1.54) is 10.6 Å². The lowest BCUT2D eigenvalue weighted by molar-refractivity contribution is 0.526. The molecule has 16 heavy (non-hydrogen) atoms. The maximum Gasteiger partial charge on any atom is 0.177 e. The normalized spacial score (nSPS) is 12.9. The third-order valence-corrected chi connectivity index (χ3v) is 4.04. The molecule has 2 aromatic rings. The van der Waals surface area contributed by atoms with E-state index in [1.54, 1.807) is 11.3 Å². The zero-order chi connectivity index (χ0) is 11.5. The quantitative estimate of drug-likeness (QED) is 0.804. The number of nitrogens with one attached hydrogen (secondary N) is 1. The van der Waals surface area contributed by atoms with Gasteiger partial charge in [0, 0.05) is 16.8 Å². The van der Waals surface area contributed by atoms with Crippen LogP contribution in [0, 0.1) is 11.7 Å². The summed E-state index contributed by atoms with van der Waals surface area (Å²) >= 11 is 7.15. The van der Waals surface area contributed by atoms with E-state index in [-0.39, 0.29) is 0 Å². The topological polar surface area (TPSA) is 20.7 Å². The maximum absolute atomic E-state index is 5.35. The van der Waals surface area contributed by atoms with Gasteiger partial charge < -0.3 is 9.55 Å². The summed E-state index contributed by atoms with van der Waals surface area (Å²) in [7, 11) is 0. The maximum atomic E-state index is 5.35. The number of hydrogen-bond donors (Lipinski definition) is 1. The second-order valence-corrected chi connectivity index (χ2v) is 5.29. The van der Waals surface area contributed by atoms with Gasteiger partial charge in [0.05, 0.1) is 6.04 Å². The molecule has 2 rings (SSSR count). The molecule has 0 bridgehead atoms. The van der Waals surface area contributed by atoms with Crippen molar-refractivity contribution in [3.63, 3.8) is 0 Å². The number of aryl methyl sites for hydroxylation is 1. The molecule has 0 aliphatic heterocycles. The van der Waals surface area contributed by atoms with Crippen LogP contribution < -0.4 is 0 Å². The van der Waals surface area contributed by atoms with Gasteiger partial charge in [0.15, 0.2) is 4.77 Å². The lowest BCUT2D eigenvalue weighted by Crippen LogP contribution is -2.10. The Morgan fingerprint density at radius 3 is 2.88 bits per heavy atom. The zero-order valence-corrected chi connectivity index (χ0v) is 11.2. The number of nitrogens with zero attached hydrogens (tertiary/aromatic N) is 1. The van der Waals surface area contributed by atoms with Crippen LogP contribution >= 0.6 is 23.6 Å². The molecular weight excluding hydrogens is 236 g/mol. The lowest BCUT2D eigenvalue weighted by Gasteiger charge is -2.18. The van der Waals surface area contributed by atoms with Crippen molar-refractivity contribution in [1.82, 2.24) is 9.55 Å². The fraction of sp³-hybridized carbons (Fsp3) is 0.417. The van der Waals surface area contributed by atoms with Crippen molar-refractivity contribution in [1.29, 1.82) is 0 Å². The van der Waals surface area contributed by atoms with Crippen molar-refractivity contribution in [2.24, 2.45) is 0 Å². The number of aromatic amines is 1. The van der Waals surface area contributed by atoms with Crippen molar-refractivity contribution in [2.45, 2.75) is 32.7 Å². The molecular formula is C12H16N2S2. The second-order valence-electron chi connectivity index (χ2n) is 3.93. The molecule has 1 atom stereocenters. The minimum absolute atomic E-state index is 0.392. The van der Waals surface area contributed by atoms with Gasteiger partial charge in [0.25, 0.3) is 0 Å². The molecule has 1 N–H and O–H groups in total. The van der Waals surface area contributed by atoms with Crippen LogP contribution in [0.25, 0.3) is 0 Å². The highest BCUT2D eigenvalue weighted by atomic mass is 32.1. The van der Waals surface area contributed by atoms with Crippen LogP contribution in [0.3, 0.4) is 0 Å². The Bertz CT molecular complexity index is 493. The van der Waals surface area contributed by atoms with E-state index < -0.39 is 0 Å². The second kappa shape index (κ2) is 4.97. The molecule has 4 heteroatoms. The minimum atomic E-state index is 0.392. The Balaban J connectivity index is 2.44. The van der Waals surface area contributed by atoms with Crippen LogP contribution in [-0.4, -0.2) is 9.55 Å². The summed E-state index contributed by atoms with van der Waals surface area (Å²) < 4.78 is 3.05. The zero-order valence-electron chi connectivity index (χ0n) is 9.56. The Morgan fingerprint density at radius 2 is 2.38 bits per heavy atom. The number of rotatable bonds is 4. The van der Waals surface area contributed by atoms with Crippen molar-refractivity contribution in [3.05, 3.63) is 39.1 Å². The molecule has 2 heterocycles. The van der Waals surface area contributed by atoms with Gasteiger partial charge in [-0.3, -0.25) is 0 Å². The lowest BCUT2D eigenvalue weighted by atomic mass is 10.1. The predicted molar refractivity (Wildman–Crippen MR) is 71.7 cm³/mol. The number of thiophene rings is 1. The summed E-state index contributed by atoms with van der Waals surface area (Å²) in [6.07, 6.45) is 4.28. The van der Waals surface area contributed by atoms with Crippen LogP contribution in [0.15, 0.2) is 23.7 Å². The van der Waals surface area contributed by atoms with Crippen LogP contribution in [0.1, 0.15) is 36.4 Å². The van der Waals surface area contributed by atoms with E-state index in [4.69, 9.17) is 12.2 Å². The SMILES string of the molecule is CCCC(c1cccs1)n1c(C)c[nH]c1=S. The highest BCUT2D eigenvalue weighted by Crippen LogP contribution is 2.28. The summed E-state index contributed by atoms with van der Waals surface area (Å²) in [6.45, 7) is 4.31. The first-order valence-electron chi connectivity index (χ1n) is 5.54. The van der Waals surface area contributed by atoms with Gasteiger partial charge in [-0.25, -0.2) is 0 Å². The Labute approximate surface area is 105 Å². The molecule has 0 fully saturated rings. The number of hydrogen-bond acceptors (Lipinski definition) is 2. The molecule has 0 amide bonds. The van der Waals surface area contributed by atoms with Gasteiger partial charge >= 0.3 is 0 Å². The summed E-state index contributed by atoms with van der Waals surface area (Å²) in [6, 6.07) is 4.69. The minimum Gasteiger partial charge on any atom is -0.337 e. The van der Waals surface area contributed by atoms with Crippen molar-refractivity contribution in [3.8, 4) is 0 Å². The summed E-state index contributed by atoms with van der Waals surface area (Å²) in [5.41, 5.74) is 1.21. The van der Waals surface area contributed by atoms with Crippen LogP contribution in [0.2, 0.25) is 0 Å². The monoisotopic (exact) mass is 252 g/mol. The van der Waals surface area contributed by atoms with Gasteiger partial charge in [-0.1, -0.05) is 19.4 Å². The van der Waals surface area contributed by atoms with Crippen LogP contribution in [0.4, 0.5) is 0 Å². The van der Waals surface area contributed by atoms with Gasteiger partial charge in [0.2, 0.25) is 0 Å². The molecule has 1 unspecified atom stereocenters. The number of aromatic nitrogens is 2. The molecule has 0 radical (unpaired) electrons. The molecule has 0 aliphatic rings. The molecule has 0 saturated heterocycles. The van der Waals surface area contributed by atoms with Crippen molar-refractivity contribution in [2.75, 3.05) is 0 Å². The predicted octanol–water partition coefficient (Wildman–Crippen LogP) is 4.31. The Hall–Kier alpha value is -0.870. The molecule has 0 spiro atoms. The highest BCUT2D eigenvalue weighted by molar-refractivity contribution is 7.71. The van der Waals surface area contributed by atoms with Gasteiger partial charge in [-0.2, -0.15) is 0 Å². The van der Waals surface area contributed by atoms with Crippen molar-refractivity contribution >= 4 is 23.6 Å². The fourth-order valence-corrected chi connectivity index (χ4v) is 3.19.